The van der Waals surface area contributed by atoms with Gasteiger partial charge in [-0.25, -0.2) is 14.8 Å². The normalized spacial score (nSPS) is 15.6. The molecule has 0 aliphatic carbocycles. The van der Waals surface area contributed by atoms with E-state index in [2.05, 4.69) is 15.0 Å². The van der Waals surface area contributed by atoms with Crippen molar-refractivity contribution in [2.45, 2.75) is 19.9 Å². The van der Waals surface area contributed by atoms with Crippen molar-refractivity contribution in [1.29, 1.82) is 0 Å². The van der Waals surface area contributed by atoms with Gasteiger partial charge in [-0.05, 0) is 44.2 Å². The van der Waals surface area contributed by atoms with E-state index in [0.717, 1.165) is 16.6 Å². The second kappa shape index (κ2) is 9.46. The molecule has 1 atom stereocenters. The van der Waals surface area contributed by atoms with Crippen LogP contribution in [0.5, 0.6) is 11.5 Å². The molecule has 3 aromatic heterocycles. The van der Waals surface area contributed by atoms with Crippen LogP contribution in [0, 0.1) is 0 Å². The Morgan fingerprint density at radius 3 is 2.83 bits per heavy atom. The van der Waals surface area contributed by atoms with Crippen LogP contribution in [0.1, 0.15) is 31.0 Å². The molecule has 0 saturated heterocycles. The van der Waals surface area contributed by atoms with Crippen LogP contribution in [0.4, 0.5) is 0 Å². The third-order valence-corrected chi connectivity index (χ3v) is 7.00. The molecular weight excluding hydrogens is 480 g/mol. The second-order valence-corrected chi connectivity index (χ2v) is 9.06. The fourth-order valence-electron chi connectivity index (χ4n) is 4.37. The Kier molecular flexibility index (Phi) is 6.19. The summed E-state index contributed by atoms with van der Waals surface area (Å²) in [6, 6.07) is 8.29. The van der Waals surface area contributed by atoms with Crippen molar-refractivity contribution in [1.82, 2.24) is 14.5 Å². The fourth-order valence-corrected chi connectivity index (χ4v) is 5.41. The average Bonchev–Trinajstić information content (AvgIpc) is 3.43. The molecular formula is C26H24N4O5S. The Hall–Kier alpha value is -4.18. The number of benzene rings is 1. The van der Waals surface area contributed by atoms with Gasteiger partial charge in [-0.1, -0.05) is 11.3 Å². The highest BCUT2D eigenvalue weighted by molar-refractivity contribution is 7.07. The molecule has 0 spiro atoms. The van der Waals surface area contributed by atoms with Crippen LogP contribution in [-0.4, -0.2) is 41.3 Å². The van der Waals surface area contributed by atoms with Crippen molar-refractivity contribution >= 4 is 34.4 Å². The highest BCUT2D eigenvalue weighted by Crippen LogP contribution is 2.37. The van der Waals surface area contributed by atoms with E-state index in [1.54, 1.807) is 45.4 Å². The maximum Gasteiger partial charge on any atom is 0.338 e. The first kappa shape index (κ1) is 23.6. The van der Waals surface area contributed by atoms with E-state index in [1.807, 2.05) is 24.4 Å². The minimum atomic E-state index is -0.784. The molecule has 36 heavy (non-hydrogen) atoms. The quantitative estimate of drug-likeness (QED) is 0.405. The molecule has 0 radical (unpaired) electrons. The number of H-pyrrole nitrogens is 1. The number of fused-ring (bicyclic) bond motifs is 2. The summed E-state index contributed by atoms with van der Waals surface area (Å²) in [4.78, 5) is 39.5. The van der Waals surface area contributed by atoms with Crippen molar-refractivity contribution in [3.63, 3.8) is 0 Å². The number of thiazole rings is 1. The zero-order chi connectivity index (χ0) is 25.4. The van der Waals surface area contributed by atoms with Gasteiger partial charge in [0.05, 0.1) is 36.6 Å². The van der Waals surface area contributed by atoms with E-state index < -0.39 is 12.0 Å². The van der Waals surface area contributed by atoms with E-state index in [4.69, 9.17) is 14.2 Å². The predicted molar refractivity (Wildman–Crippen MR) is 136 cm³/mol. The number of allylic oxidation sites excluding steroid dienone is 1. The van der Waals surface area contributed by atoms with Crippen molar-refractivity contribution in [3.8, 4) is 11.5 Å². The summed E-state index contributed by atoms with van der Waals surface area (Å²) in [6.07, 6.45) is 5.34. The predicted octanol–water partition coefficient (Wildman–Crippen LogP) is 2.69. The van der Waals surface area contributed by atoms with Crippen molar-refractivity contribution in [2.24, 2.45) is 4.99 Å². The van der Waals surface area contributed by atoms with Crippen LogP contribution in [0.3, 0.4) is 0 Å². The van der Waals surface area contributed by atoms with E-state index in [0.29, 0.717) is 32.1 Å². The largest absolute Gasteiger partial charge is 0.497 e. The molecule has 9 nitrogen and oxygen atoms in total. The Morgan fingerprint density at radius 1 is 1.25 bits per heavy atom. The Labute approximate surface area is 210 Å². The highest BCUT2D eigenvalue weighted by Gasteiger charge is 2.35. The standard InChI is InChI=1S/C26H24N4O5S/c1-5-35-25(32)21-14(2)29-26-30(22(21)18-9-8-16(33-3)12-19(18)34-4)24(31)20(36-26)11-15-13-28-23-17(15)7-6-10-27-23/h6-13,22H,5H2,1-4H3,(H,27,28)/b20-11-. The number of ether oxygens (including phenoxy) is 3. The van der Waals surface area contributed by atoms with Crippen molar-refractivity contribution in [2.75, 3.05) is 20.8 Å². The minimum absolute atomic E-state index is 0.196. The average molecular weight is 505 g/mol. The molecule has 0 saturated carbocycles. The lowest BCUT2D eigenvalue weighted by atomic mass is 9.95. The lowest BCUT2D eigenvalue weighted by Gasteiger charge is -2.26. The summed E-state index contributed by atoms with van der Waals surface area (Å²) >= 11 is 1.26. The van der Waals surface area contributed by atoms with Gasteiger partial charge in [0.25, 0.3) is 5.56 Å². The fraction of sp³-hybridized carbons (Fsp3) is 0.231. The molecule has 0 fully saturated rings. The molecule has 4 heterocycles. The SMILES string of the molecule is CCOC(=O)C1=C(C)N=c2s/c(=C\c3c[nH]c4ncccc34)c(=O)n2C1c1ccc(OC)cc1OC. The number of methoxy groups -OCH3 is 2. The summed E-state index contributed by atoms with van der Waals surface area (Å²) in [5, 5.41) is 0.903. The van der Waals surface area contributed by atoms with Gasteiger partial charge in [0.1, 0.15) is 23.2 Å². The summed E-state index contributed by atoms with van der Waals surface area (Å²) in [5.41, 5.74) is 2.70. The third kappa shape index (κ3) is 3.89. The van der Waals surface area contributed by atoms with Crippen molar-refractivity contribution in [3.05, 3.63) is 84.8 Å². The topological polar surface area (TPSA) is 108 Å². The zero-order valence-electron chi connectivity index (χ0n) is 20.2. The van der Waals surface area contributed by atoms with Crippen LogP contribution in [0.15, 0.2) is 63.8 Å². The molecule has 1 aliphatic rings. The first-order valence-electron chi connectivity index (χ1n) is 11.3. The Morgan fingerprint density at radius 2 is 2.08 bits per heavy atom. The van der Waals surface area contributed by atoms with Crippen molar-refractivity contribution < 1.29 is 19.0 Å². The molecule has 4 aromatic rings. The zero-order valence-corrected chi connectivity index (χ0v) is 21.0. The first-order chi connectivity index (χ1) is 17.5. The van der Waals surface area contributed by atoms with Crippen LogP contribution < -0.4 is 24.4 Å². The van der Waals surface area contributed by atoms with Crippen LogP contribution in [0.25, 0.3) is 17.1 Å². The van der Waals surface area contributed by atoms with E-state index in [1.165, 1.54) is 23.0 Å². The number of rotatable bonds is 6. The van der Waals surface area contributed by atoms with Gasteiger partial charge in [-0.15, -0.1) is 0 Å². The molecule has 0 bridgehead atoms. The molecule has 0 amide bonds. The first-order valence-corrected chi connectivity index (χ1v) is 12.1. The molecule has 1 aromatic carbocycles. The summed E-state index contributed by atoms with van der Waals surface area (Å²) < 4.78 is 18.4. The summed E-state index contributed by atoms with van der Waals surface area (Å²) in [6.45, 7) is 3.68. The number of hydrogen-bond acceptors (Lipinski definition) is 8. The Bertz CT molecular complexity index is 1700. The monoisotopic (exact) mass is 504 g/mol. The molecule has 1 aliphatic heterocycles. The number of nitrogens with one attached hydrogen (secondary N) is 1. The summed E-state index contributed by atoms with van der Waals surface area (Å²) in [5.74, 6) is 0.543. The highest BCUT2D eigenvalue weighted by atomic mass is 32.1. The van der Waals surface area contributed by atoms with Gasteiger partial charge in [-0.2, -0.15) is 0 Å². The number of carbonyl (C=O) groups is 1. The van der Waals surface area contributed by atoms with Gasteiger partial charge in [0.15, 0.2) is 4.80 Å². The van der Waals surface area contributed by atoms with E-state index in [9.17, 15) is 9.59 Å². The molecule has 10 heteroatoms. The van der Waals surface area contributed by atoms with Gasteiger partial charge in [0.2, 0.25) is 0 Å². The smallest absolute Gasteiger partial charge is 0.338 e. The lowest BCUT2D eigenvalue weighted by molar-refractivity contribution is -0.139. The number of hydrogen-bond donors (Lipinski definition) is 1. The third-order valence-electron chi connectivity index (χ3n) is 6.02. The number of esters is 1. The number of nitrogens with zero attached hydrogens (tertiary/aromatic N) is 3. The van der Waals surface area contributed by atoms with Crippen LogP contribution in [0.2, 0.25) is 0 Å². The lowest BCUT2D eigenvalue weighted by Crippen LogP contribution is -2.40. The van der Waals surface area contributed by atoms with Gasteiger partial charge in [-0.3, -0.25) is 9.36 Å². The minimum Gasteiger partial charge on any atom is -0.497 e. The number of aromatic nitrogens is 3. The van der Waals surface area contributed by atoms with Gasteiger partial charge in [0, 0.05) is 35.0 Å². The van der Waals surface area contributed by atoms with Gasteiger partial charge < -0.3 is 19.2 Å². The molecule has 184 valence electrons. The Balaban J connectivity index is 1.77. The molecule has 1 unspecified atom stereocenters. The van der Waals surface area contributed by atoms with Gasteiger partial charge >= 0.3 is 5.97 Å². The summed E-state index contributed by atoms with van der Waals surface area (Å²) in [7, 11) is 3.10. The molecule has 1 N–H and O–H groups in total. The maximum absolute atomic E-state index is 13.8. The van der Waals surface area contributed by atoms with E-state index in [-0.39, 0.29) is 17.7 Å². The van der Waals surface area contributed by atoms with Crippen LogP contribution in [-0.2, 0) is 9.53 Å². The molecule has 5 rings (SSSR count). The number of carbonyl (C=O) groups excluding carboxylic acids is 1. The second-order valence-electron chi connectivity index (χ2n) is 8.05. The number of aromatic amines is 1. The maximum atomic E-state index is 13.8. The van der Waals surface area contributed by atoms with Crippen LogP contribution >= 0.6 is 11.3 Å². The number of pyridine rings is 1. The van der Waals surface area contributed by atoms with E-state index >= 15 is 0 Å².